The zero-order valence-corrected chi connectivity index (χ0v) is 16.9. The van der Waals surface area contributed by atoms with Gasteiger partial charge in [0.05, 0.1) is 6.04 Å². The fourth-order valence-electron chi connectivity index (χ4n) is 4.53. The summed E-state index contributed by atoms with van der Waals surface area (Å²) < 4.78 is 20.7. The fourth-order valence-corrected chi connectivity index (χ4v) is 4.53. The quantitative estimate of drug-likeness (QED) is 0.415. The van der Waals surface area contributed by atoms with Crippen molar-refractivity contribution in [1.29, 1.82) is 0 Å². The van der Waals surface area contributed by atoms with Gasteiger partial charge in [-0.3, -0.25) is 4.79 Å². The van der Waals surface area contributed by atoms with Crippen molar-refractivity contribution in [2.45, 2.75) is 31.8 Å². The Labute approximate surface area is 179 Å². The topological polar surface area (TPSA) is 62.5 Å². The van der Waals surface area contributed by atoms with Crippen LogP contribution in [0.4, 0.5) is 4.39 Å². The Bertz CT molecular complexity index is 1280. The molecular formula is C26H22FNO3. The molecule has 1 aromatic heterocycles. The molecule has 1 unspecified atom stereocenters. The molecule has 31 heavy (non-hydrogen) atoms. The summed E-state index contributed by atoms with van der Waals surface area (Å²) in [7, 11) is 0. The van der Waals surface area contributed by atoms with E-state index in [-0.39, 0.29) is 18.3 Å². The molecule has 4 nitrogen and oxygen atoms in total. The van der Waals surface area contributed by atoms with Crippen molar-refractivity contribution in [3.05, 3.63) is 94.8 Å². The van der Waals surface area contributed by atoms with E-state index in [1.807, 2.05) is 42.5 Å². The van der Waals surface area contributed by atoms with Crippen molar-refractivity contribution in [2.75, 3.05) is 0 Å². The van der Waals surface area contributed by atoms with Crippen LogP contribution in [0, 0.1) is 5.82 Å². The predicted octanol–water partition coefficient (Wildman–Crippen LogP) is 5.84. The number of hydrogen-bond donors (Lipinski definition) is 2. The van der Waals surface area contributed by atoms with Crippen molar-refractivity contribution in [2.24, 2.45) is 0 Å². The SMILES string of the molecule is O=C(O)CCCc1c(-c2cc(F)ccc2C2NCc3ccccc32)oc2ccccc12. The number of rotatable bonds is 6. The third kappa shape index (κ3) is 3.62. The minimum Gasteiger partial charge on any atom is -0.481 e. The molecule has 2 heterocycles. The van der Waals surface area contributed by atoms with E-state index in [1.165, 1.54) is 23.3 Å². The van der Waals surface area contributed by atoms with Gasteiger partial charge in [-0.05, 0) is 47.7 Å². The number of carboxylic acids is 1. The standard InChI is InChI=1S/C26H22FNO3/c27-17-12-13-20(25-18-7-2-1-6-16(18)15-28-25)22(14-17)26-21(9-5-11-24(29)30)19-8-3-4-10-23(19)31-26/h1-4,6-8,10,12-14,25,28H,5,9,11,15H2,(H,29,30). The molecule has 0 amide bonds. The van der Waals surface area contributed by atoms with Crippen molar-refractivity contribution < 1.29 is 18.7 Å². The Morgan fingerprint density at radius 1 is 1.06 bits per heavy atom. The van der Waals surface area contributed by atoms with Crippen molar-refractivity contribution in [3.63, 3.8) is 0 Å². The number of carboxylic acid groups (broad SMARTS) is 1. The van der Waals surface area contributed by atoms with Gasteiger partial charge in [-0.15, -0.1) is 0 Å². The number of aliphatic carboxylic acids is 1. The maximum atomic E-state index is 14.4. The number of fused-ring (bicyclic) bond motifs is 2. The summed E-state index contributed by atoms with van der Waals surface area (Å²) in [4.78, 5) is 11.1. The van der Waals surface area contributed by atoms with Crippen LogP contribution in [-0.4, -0.2) is 11.1 Å². The first-order valence-electron chi connectivity index (χ1n) is 10.4. The number of aryl methyl sites for hydroxylation is 1. The Kier molecular flexibility index (Phi) is 5.04. The molecule has 0 spiro atoms. The van der Waals surface area contributed by atoms with Gasteiger partial charge in [0.15, 0.2) is 0 Å². The zero-order chi connectivity index (χ0) is 21.4. The van der Waals surface area contributed by atoms with Gasteiger partial charge in [0.2, 0.25) is 0 Å². The van der Waals surface area contributed by atoms with Gasteiger partial charge in [-0.25, -0.2) is 4.39 Å². The second-order valence-electron chi connectivity index (χ2n) is 7.90. The molecule has 3 aromatic carbocycles. The summed E-state index contributed by atoms with van der Waals surface area (Å²) in [5, 5.41) is 13.6. The van der Waals surface area contributed by atoms with Crippen molar-refractivity contribution >= 4 is 16.9 Å². The van der Waals surface area contributed by atoms with E-state index in [4.69, 9.17) is 9.52 Å². The molecule has 0 saturated carbocycles. The first kappa shape index (κ1) is 19.5. The average Bonchev–Trinajstić information content (AvgIpc) is 3.35. The number of nitrogens with one attached hydrogen (secondary N) is 1. The van der Waals surface area contributed by atoms with Gasteiger partial charge in [-0.1, -0.05) is 48.5 Å². The summed E-state index contributed by atoms with van der Waals surface area (Å²) in [5.41, 5.74) is 5.71. The monoisotopic (exact) mass is 415 g/mol. The first-order chi connectivity index (χ1) is 15.1. The van der Waals surface area contributed by atoms with Crippen LogP contribution in [0.25, 0.3) is 22.3 Å². The van der Waals surface area contributed by atoms with E-state index in [9.17, 15) is 9.18 Å². The lowest BCUT2D eigenvalue weighted by molar-refractivity contribution is -0.137. The van der Waals surface area contributed by atoms with Gasteiger partial charge < -0.3 is 14.8 Å². The van der Waals surface area contributed by atoms with Gasteiger partial charge in [-0.2, -0.15) is 0 Å². The summed E-state index contributed by atoms with van der Waals surface area (Å²) in [5.74, 6) is -0.540. The Morgan fingerprint density at radius 3 is 2.74 bits per heavy atom. The molecule has 5 rings (SSSR count). The van der Waals surface area contributed by atoms with Gasteiger partial charge in [0, 0.05) is 29.5 Å². The lowest BCUT2D eigenvalue weighted by Crippen LogP contribution is -2.14. The van der Waals surface area contributed by atoms with Crippen LogP contribution in [0.3, 0.4) is 0 Å². The lowest BCUT2D eigenvalue weighted by Gasteiger charge is -2.17. The molecule has 5 heteroatoms. The van der Waals surface area contributed by atoms with Crippen molar-refractivity contribution in [1.82, 2.24) is 5.32 Å². The molecule has 1 aliphatic rings. The van der Waals surface area contributed by atoms with E-state index < -0.39 is 5.97 Å². The maximum absolute atomic E-state index is 14.4. The zero-order valence-electron chi connectivity index (χ0n) is 16.9. The van der Waals surface area contributed by atoms with Gasteiger partial charge >= 0.3 is 5.97 Å². The molecular weight excluding hydrogens is 393 g/mol. The fraction of sp³-hybridized carbons (Fsp3) is 0.192. The minimum atomic E-state index is -0.826. The Morgan fingerprint density at radius 2 is 1.87 bits per heavy atom. The molecule has 0 radical (unpaired) electrons. The van der Waals surface area contributed by atoms with Crippen LogP contribution in [0.15, 0.2) is 71.1 Å². The number of halogens is 1. The van der Waals surface area contributed by atoms with E-state index >= 15 is 0 Å². The Balaban J connectivity index is 1.66. The highest BCUT2D eigenvalue weighted by atomic mass is 19.1. The molecule has 0 fully saturated rings. The van der Waals surface area contributed by atoms with Crippen LogP contribution in [0.2, 0.25) is 0 Å². The number of para-hydroxylation sites is 1. The predicted molar refractivity (Wildman–Crippen MR) is 117 cm³/mol. The largest absolute Gasteiger partial charge is 0.481 e. The van der Waals surface area contributed by atoms with Crippen LogP contribution in [0.5, 0.6) is 0 Å². The highest BCUT2D eigenvalue weighted by molar-refractivity contribution is 5.88. The first-order valence-corrected chi connectivity index (χ1v) is 10.4. The highest BCUT2D eigenvalue weighted by Crippen LogP contribution is 2.41. The van der Waals surface area contributed by atoms with E-state index in [2.05, 4.69) is 17.4 Å². The number of hydrogen-bond acceptors (Lipinski definition) is 3. The van der Waals surface area contributed by atoms with Crippen LogP contribution in [-0.2, 0) is 17.8 Å². The average molecular weight is 415 g/mol. The van der Waals surface area contributed by atoms with Crippen molar-refractivity contribution in [3.8, 4) is 11.3 Å². The van der Waals surface area contributed by atoms with E-state index in [0.29, 0.717) is 24.2 Å². The number of carbonyl (C=O) groups is 1. The maximum Gasteiger partial charge on any atom is 0.303 e. The van der Waals surface area contributed by atoms with Crippen LogP contribution in [0.1, 0.15) is 41.1 Å². The lowest BCUT2D eigenvalue weighted by atomic mass is 9.91. The normalized spacial score (nSPS) is 15.3. The summed E-state index contributed by atoms with van der Waals surface area (Å²) >= 11 is 0. The van der Waals surface area contributed by atoms with Crippen LogP contribution < -0.4 is 5.32 Å². The van der Waals surface area contributed by atoms with Gasteiger partial charge in [0.1, 0.15) is 17.2 Å². The smallest absolute Gasteiger partial charge is 0.303 e. The molecule has 0 bridgehead atoms. The molecule has 1 atom stereocenters. The third-order valence-electron chi connectivity index (χ3n) is 5.95. The van der Waals surface area contributed by atoms with Crippen LogP contribution >= 0.6 is 0 Å². The van der Waals surface area contributed by atoms with Gasteiger partial charge in [0.25, 0.3) is 0 Å². The molecule has 156 valence electrons. The third-order valence-corrected chi connectivity index (χ3v) is 5.95. The van der Waals surface area contributed by atoms with E-state index in [0.717, 1.165) is 28.6 Å². The molecule has 2 N–H and O–H groups in total. The molecule has 0 aliphatic carbocycles. The highest BCUT2D eigenvalue weighted by Gasteiger charge is 2.28. The number of benzene rings is 3. The Hall–Kier alpha value is -3.44. The van der Waals surface area contributed by atoms with E-state index in [1.54, 1.807) is 0 Å². The molecule has 1 aliphatic heterocycles. The second-order valence-corrected chi connectivity index (χ2v) is 7.90. The molecule has 0 saturated heterocycles. The summed E-state index contributed by atoms with van der Waals surface area (Å²) in [6.45, 7) is 0.753. The minimum absolute atomic E-state index is 0.0631. The number of furan rings is 1. The summed E-state index contributed by atoms with van der Waals surface area (Å²) in [6.07, 6.45) is 1.11. The second kappa shape index (κ2) is 8.00. The summed E-state index contributed by atoms with van der Waals surface area (Å²) in [6, 6.07) is 20.7. The molecule has 4 aromatic rings.